The monoisotopic (exact) mass is 205 g/mol. The maximum Gasteiger partial charge on any atom is 0.249 e. The van der Waals surface area contributed by atoms with Gasteiger partial charge in [0, 0.05) is 6.42 Å². The Morgan fingerprint density at radius 1 is 1.57 bits per heavy atom. The molecule has 5 N–H and O–H groups in total. The molecular weight excluding hydrogens is 190 g/mol. The van der Waals surface area contributed by atoms with Gasteiger partial charge in [0.1, 0.15) is 6.10 Å². The standard InChI is InChI=1S/C8H15NO5/c1-8(13)2-4(10)5(11)6(7(9)12)14-3-8/h4-6,10-11,13H,2-3H2,1H3,(H2,9,12)/t4?,5-,6?,8?/m0/s1. The second-order valence-electron chi connectivity index (χ2n) is 3.89. The maximum absolute atomic E-state index is 10.8. The molecule has 6 nitrogen and oxygen atoms in total. The number of hydrogen-bond acceptors (Lipinski definition) is 5. The van der Waals surface area contributed by atoms with Crippen LogP contribution in [0.4, 0.5) is 0 Å². The number of aliphatic hydroxyl groups excluding tert-OH is 2. The van der Waals surface area contributed by atoms with Gasteiger partial charge in [-0.2, -0.15) is 0 Å². The van der Waals surface area contributed by atoms with E-state index in [9.17, 15) is 20.1 Å². The Morgan fingerprint density at radius 2 is 2.14 bits per heavy atom. The molecule has 0 aromatic rings. The lowest BCUT2D eigenvalue weighted by atomic mass is 9.96. The van der Waals surface area contributed by atoms with Crippen LogP contribution in [0.1, 0.15) is 13.3 Å². The molecule has 1 aliphatic rings. The van der Waals surface area contributed by atoms with E-state index in [0.717, 1.165) is 0 Å². The predicted octanol–water partition coefficient (Wildman–Crippen LogP) is -2.27. The summed E-state index contributed by atoms with van der Waals surface area (Å²) in [7, 11) is 0. The Hall–Kier alpha value is -0.690. The van der Waals surface area contributed by atoms with E-state index in [1.165, 1.54) is 6.92 Å². The summed E-state index contributed by atoms with van der Waals surface area (Å²) in [5.74, 6) is -0.853. The molecule has 14 heavy (non-hydrogen) atoms. The lowest BCUT2D eigenvalue weighted by Crippen LogP contribution is -2.45. The number of aliphatic hydroxyl groups is 3. The Bertz CT molecular complexity index is 230. The first-order chi connectivity index (χ1) is 6.33. The zero-order chi connectivity index (χ0) is 10.9. The van der Waals surface area contributed by atoms with Gasteiger partial charge in [0.25, 0.3) is 0 Å². The molecule has 0 spiro atoms. The summed E-state index contributed by atoms with van der Waals surface area (Å²) in [4.78, 5) is 10.8. The quantitative estimate of drug-likeness (QED) is 0.385. The lowest BCUT2D eigenvalue weighted by molar-refractivity contribution is -0.142. The topological polar surface area (TPSA) is 113 Å². The fourth-order valence-corrected chi connectivity index (χ4v) is 1.45. The molecular formula is C8H15NO5. The van der Waals surface area contributed by atoms with Crippen LogP contribution in [-0.2, 0) is 9.53 Å². The third kappa shape index (κ3) is 2.42. The van der Waals surface area contributed by atoms with Crippen LogP contribution in [0.5, 0.6) is 0 Å². The average molecular weight is 205 g/mol. The van der Waals surface area contributed by atoms with Gasteiger partial charge >= 0.3 is 0 Å². The molecule has 0 aromatic heterocycles. The average Bonchev–Trinajstić information content (AvgIpc) is 2.10. The highest BCUT2D eigenvalue weighted by Crippen LogP contribution is 2.22. The molecule has 0 aromatic carbocycles. The number of carbonyl (C=O) groups excluding carboxylic acids is 1. The highest BCUT2D eigenvalue weighted by Gasteiger charge is 2.40. The second kappa shape index (κ2) is 3.82. The van der Waals surface area contributed by atoms with Gasteiger partial charge in [0.2, 0.25) is 5.91 Å². The van der Waals surface area contributed by atoms with E-state index in [1.54, 1.807) is 0 Å². The molecule has 0 aliphatic carbocycles. The highest BCUT2D eigenvalue weighted by atomic mass is 16.5. The van der Waals surface area contributed by atoms with Crippen molar-refractivity contribution in [3.05, 3.63) is 0 Å². The lowest BCUT2D eigenvalue weighted by Gasteiger charge is -2.22. The van der Waals surface area contributed by atoms with E-state index in [-0.39, 0.29) is 13.0 Å². The third-order valence-corrected chi connectivity index (χ3v) is 2.21. The summed E-state index contributed by atoms with van der Waals surface area (Å²) < 4.78 is 4.93. The first-order valence-corrected chi connectivity index (χ1v) is 4.33. The van der Waals surface area contributed by atoms with Crippen LogP contribution >= 0.6 is 0 Å². The minimum Gasteiger partial charge on any atom is -0.390 e. The van der Waals surface area contributed by atoms with Crippen LogP contribution in [0, 0.1) is 0 Å². The summed E-state index contributed by atoms with van der Waals surface area (Å²) in [5, 5.41) is 28.4. The van der Waals surface area contributed by atoms with Crippen molar-refractivity contribution in [2.24, 2.45) is 5.73 Å². The van der Waals surface area contributed by atoms with Crippen LogP contribution in [0.15, 0.2) is 0 Å². The molecule has 0 saturated carbocycles. The molecule has 6 heteroatoms. The van der Waals surface area contributed by atoms with Gasteiger partial charge in [-0.3, -0.25) is 4.79 Å². The molecule has 3 unspecified atom stereocenters. The zero-order valence-electron chi connectivity index (χ0n) is 7.88. The third-order valence-electron chi connectivity index (χ3n) is 2.21. The molecule has 4 atom stereocenters. The molecule has 1 fully saturated rings. The maximum atomic E-state index is 10.8. The van der Waals surface area contributed by atoms with E-state index in [1.807, 2.05) is 0 Å². The van der Waals surface area contributed by atoms with Crippen LogP contribution in [0.2, 0.25) is 0 Å². The number of carbonyl (C=O) groups is 1. The van der Waals surface area contributed by atoms with Crippen LogP contribution in [0.3, 0.4) is 0 Å². The van der Waals surface area contributed by atoms with Gasteiger partial charge in [-0.1, -0.05) is 0 Å². The fourth-order valence-electron chi connectivity index (χ4n) is 1.45. The fraction of sp³-hybridized carbons (Fsp3) is 0.875. The van der Waals surface area contributed by atoms with Crippen molar-refractivity contribution in [3.8, 4) is 0 Å². The number of amides is 1. The van der Waals surface area contributed by atoms with Crippen LogP contribution in [0.25, 0.3) is 0 Å². The van der Waals surface area contributed by atoms with E-state index in [4.69, 9.17) is 10.5 Å². The van der Waals surface area contributed by atoms with Crippen molar-refractivity contribution >= 4 is 5.91 Å². The smallest absolute Gasteiger partial charge is 0.249 e. The number of nitrogens with two attached hydrogens (primary N) is 1. The minimum atomic E-state index is -1.39. The summed E-state index contributed by atoms with van der Waals surface area (Å²) in [6, 6.07) is 0. The van der Waals surface area contributed by atoms with Crippen LogP contribution in [-0.4, -0.2) is 51.7 Å². The first-order valence-electron chi connectivity index (χ1n) is 4.33. The van der Waals surface area contributed by atoms with Gasteiger partial charge in [-0.15, -0.1) is 0 Å². The Morgan fingerprint density at radius 3 is 2.64 bits per heavy atom. The van der Waals surface area contributed by atoms with E-state index in [2.05, 4.69) is 0 Å². The summed E-state index contributed by atoms with van der Waals surface area (Å²) in [5.41, 5.74) is 3.70. The van der Waals surface area contributed by atoms with Gasteiger partial charge in [0.05, 0.1) is 18.3 Å². The van der Waals surface area contributed by atoms with Gasteiger partial charge in [-0.25, -0.2) is 0 Å². The van der Waals surface area contributed by atoms with Crippen LogP contribution < -0.4 is 5.73 Å². The second-order valence-corrected chi connectivity index (χ2v) is 3.89. The molecule has 0 radical (unpaired) electrons. The molecule has 1 saturated heterocycles. The summed E-state index contributed by atoms with van der Waals surface area (Å²) in [6.45, 7) is 1.31. The molecule has 1 heterocycles. The van der Waals surface area contributed by atoms with Crippen molar-refractivity contribution < 1.29 is 24.9 Å². The van der Waals surface area contributed by atoms with E-state index in [0.29, 0.717) is 0 Å². The molecule has 82 valence electrons. The van der Waals surface area contributed by atoms with Gasteiger partial charge in [0.15, 0.2) is 6.10 Å². The van der Waals surface area contributed by atoms with Gasteiger partial charge < -0.3 is 25.8 Å². The van der Waals surface area contributed by atoms with Crippen molar-refractivity contribution in [3.63, 3.8) is 0 Å². The SMILES string of the molecule is CC1(O)COC(C(N)=O)[C@@H](O)C(O)C1. The Kier molecular flexibility index (Phi) is 3.10. The summed E-state index contributed by atoms with van der Waals surface area (Å²) >= 11 is 0. The predicted molar refractivity (Wildman–Crippen MR) is 46.2 cm³/mol. The Balaban J connectivity index is 2.79. The minimum absolute atomic E-state index is 0.0576. The molecule has 0 bridgehead atoms. The number of hydrogen-bond donors (Lipinski definition) is 4. The van der Waals surface area contributed by atoms with Crippen molar-refractivity contribution in [2.45, 2.75) is 37.3 Å². The number of primary amides is 1. The number of rotatable bonds is 1. The summed E-state index contributed by atoms with van der Waals surface area (Å²) in [6.07, 6.45) is -3.93. The molecule has 1 amide bonds. The normalized spacial score (nSPS) is 44.4. The van der Waals surface area contributed by atoms with E-state index < -0.39 is 29.8 Å². The highest BCUT2D eigenvalue weighted by molar-refractivity contribution is 5.79. The van der Waals surface area contributed by atoms with E-state index >= 15 is 0 Å². The zero-order valence-corrected chi connectivity index (χ0v) is 7.88. The largest absolute Gasteiger partial charge is 0.390 e. The van der Waals surface area contributed by atoms with Gasteiger partial charge in [-0.05, 0) is 6.92 Å². The first kappa shape index (κ1) is 11.4. The van der Waals surface area contributed by atoms with Crippen molar-refractivity contribution in [1.82, 2.24) is 0 Å². The molecule has 1 rings (SSSR count). The molecule has 1 aliphatic heterocycles. The Labute approximate surface area is 81.3 Å². The van der Waals surface area contributed by atoms with Crippen molar-refractivity contribution in [2.75, 3.05) is 6.61 Å². The van der Waals surface area contributed by atoms with Crippen molar-refractivity contribution in [1.29, 1.82) is 0 Å². The number of ether oxygens (including phenoxy) is 1.